The Morgan fingerprint density at radius 2 is 1.84 bits per heavy atom. The summed E-state index contributed by atoms with van der Waals surface area (Å²) in [6, 6.07) is 8.28. The van der Waals surface area contributed by atoms with E-state index in [4.69, 9.17) is 22.1 Å². The van der Waals surface area contributed by atoms with Gasteiger partial charge in [0.2, 0.25) is 5.91 Å². The molecule has 1 aromatic carbocycles. The highest BCUT2D eigenvalue weighted by Gasteiger charge is 2.29. The van der Waals surface area contributed by atoms with Crippen LogP contribution in [-0.4, -0.2) is 47.3 Å². The first-order valence-corrected chi connectivity index (χ1v) is 10.8. The minimum atomic E-state index is -0.898. The zero-order chi connectivity index (χ0) is 22.6. The largest absolute Gasteiger partial charge is 0.445 e. The lowest BCUT2D eigenvalue weighted by atomic mass is 9.98. The molecule has 1 fully saturated rings. The summed E-state index contributed by atoms with van der Waals surface area (Å²) >= 11 is 5.60. The molecular formula is C21H29ClN4O5. The third-order valence-corrected chi connectivity index (χ3v) is 5.34. The molecule has 4 N–H and O–H groups in total. The second-order valence-electron chi connectivity index (χ2n) is 7.52. The van der Waals surface area contributed by atoms with Crippen molar-refractivity contribution in [3.8, 4) is 0 Å². The van der Waals surface area contributed by atoms with Crippen molar-refractivity contribution in [3.63, 3.8) is 0 Å². The Kier molecular flexibility index (Phi) is 10.1. The number of rotatable bonds is 10. The topological polar surface area (TPSA) is 131 Å². The van der Waals surface area contributed by atoms with Crippen molar-refractivity contribution in [3.05, 3.63) is 35.9 Å². The number of nitrogens with zero attached hydrogens (tertiary/aromatic N) is 1. The van der Waals surface area contributed by atoms with Crippen LogP contribution in [0.2, 0.25) is 0 Å². The Bertz CT molecular complexity index is 755. The number of amides is 4. The molecular weight excluding hydrogens is 424 g/mol. The number of halogens is 1. The molecule has 1 aliphatic carbocycles. The van der Waals surface area contributed by atoms with Crippen LogP contribution in [0.1, 0.15) is 44.1 Å². The van der Waals surface area contributed by atoms with E-state index in [1.165, 1.54) is 0 Å². The Morgan fingerprint density at radius 1 is 1.16 bits per heavy atom. The van der Waals surface area contributed by atoms with Crippen LogP contribution in [0.3, 0.4) is 0 Å². The van der Waals surface area contributed by atoms with E-state index in [1.807, 2.05) is 30.3 Å². The van der Waals surface area contributed by atoms with Gasteiger partial charge in [-0.25, -0.2) is 4.79 Å². The third-order valence-electron chi connectivity index (χ3n) is 5.11. The van der Waals surface area contributed by atoms with E-state index in [-0.39, 0.29) is 31.4 Å². The summed E-state index contributed by atoms with van der Waals surface area (Å²) in [6.45, 7) is -0.0405. The van der Waals surface area contributed by atoms with Gasteiger partial charge in [-0.3, -0.25) is 24.8 Å². The van der Waals surface area contributed by atoms with Crippen LogP contribution in [-0.2, 0) is 25.7 Å². The summed E-state index contributed by atoms with van der Waals surface area (Å²) in [6.07, 6.45) is 3.65. The zero-order valence-electron chi connectivity index (χ0n) is 17.3. The van der Waals surface area contributed by atoms with Gasteiger partial charge in [-0.05, 0) is 17.9 Å². The van der Waals surface area contributed by atoms with Gasteiger partial charge in [0.05, 0.1) is 6.54 Å². The van der Waals surface area contributed by atoms with Gasteiger partial charge in [0.25, 0.3) is 11.8 Å². The molecule has 170 valence electrons. The van der Waals surface area contributed by atoms with Crippen molar-refractivity contribution in [2.45, 2.75) is 51.2 Å². The van der Waals surface area contributed by atoms with Crippen LogP contribution in [0, 0.1) is 5.92 Å². The summed E-state index contributed by atoms with van der Waals surface area (Å²) in [5.74, 6) is -1.87. The highest BCUT2D eigenvalue weighted by molar-refractivity contribution is 6.27. The molecule has 0 aliphatic heterocycles. The number of carbonyl (C=O) groups excluding carboxylic acids is 4. The van der Waals surface area contributed by atoms with Gasteiger partial charge in [0.1, 0.15) is 18.5 Å². The molecule has 2 rings (SSSR count). The molecule has 0 unspecified atom stereocenters. The van der Waals surface area contributed by atoms with Crippen molar-refractivity contribution in [1.29, 1.82) is 0 Å². The van der Waals surface area contributed by atoms with Gasteiger partial charge in [-0.15, -0.1) is 11.6 Å². The molecule has 0 bridgehead atoms. The number of alkyl carbamates (subject to hydrolysis) is 1. The number of nitrogens with two attached hydrogens (primary N) is 1. The number of benzene rings is 1. The minimum absolute atomic E-state index is 0.0694. The lowest BCUT2D eigenvalue weighted by Crippen LogP contribution is -2.55. The van der Waals surface area contributed by atoms with E-state index < -0.39 is 29.9 Å². The number of carbonyl (C=O) groups is 4. The average Bonchev–Trinajstić information content (AvgIpc) is 3.27. The number of alkyl halides is 1. The summed E-state index contributed by atoms with van der Waals surface area (Å²) < 4.78 is 5.23. The van der Waals surface area contributed by atoms with E-state index in [0.29, 0.717) is 6.42 Å². The molecule has 1 aromatic rings. The summed E-state index contributed by atoms with van der Waals surface area (Å²) in [5.41, 5.74) is 8.41. The SMILES string of the molecule is NC(=O)CCN(NC(=O)[C@H](CC1CCCC1)NC(=O)OCc1ccccc1)C(=O)CCl. The van der Waals surface area contributed by atoms with Crippen LogP contribution in [0.5, 0.6) is 0 Å². The number of hydrogen-bond acceptors (Lipinski definition) is 5. The minimum Gasteiger partial charge on any atom is -0.445 e. The number of primary amides is 1. The van der Waals surface area contributed by atoms with Gasteiger partial charge in [-0.2, -0.15) is 0 Å². The standard InChI is InChI=1S/C21H29ClN4O5/c22-13-19(28)26(11-10-18(23)27)25-20(29)17(12-15-6-4-5-7-15)24-21(30)31-14-16-8-2-1-3-9-16/h1-3,8-9,15,17H,4-7,10-14H2,(H2,23,27)(H,24,30)(H,25,29)/t17-/m0/s1. The number of nitrogens with one attached hydrogen (secondary N) is 2. The second-order valence-corrected chi connectivity index (χ2v) is 7.78. The Balaban J connectivity index is 2.00. The predicted octanol–water partition coefficient (Wildman–Crippen LogP) is 1.84. The summed E-state index contributed by atoms with van der Waals surface area (Å²) in [4.78, 5) is 48.3. The van der Waals surface area contributed by atoms with E-state index in [9.17, 15) is 19.2 Å². The quantitative estimate of drug-likeness (QED) is 0.368. The van der Waals surface area contributed by atoms with E-state index in [2.05, 4.69) is 10.7 Å². The molecule has 1 atom stereocenters. The molecule has 0 spiro atoms. The van der Waals surface area contributed by atoms with Gasteiger partial charge in [-0.1, -0.05) is 56.0 Å². The Morgan fingerprint density at radius 3 is 2.45 bits per heavy atom. The van der Waals surface area contributed by atoms with Crippen molar-refractivity contribution < 1.29 is 23.9 Å². The van der Waals surface area contributed by atoms with Gasteiger partial charge < -0.3 is 15.8 Å². The maximum Gasteiger partial charge on any atom is 0.408 e. The molecule has 1 aliphatic rings. The first-order valence-electron chi connectivity index (χ1n) is 10.3. The van der Waals surface area contributed by atoms with Crippen molar-refractivity contribution in [2.24, 2.45) is 11.7 Å². The first kappa shape index (κ1) is 24.5. The zero-order valence-corrected chi connectivity index (χ0v) is 18.1. The first-order chi connectivity index (χ1) is 14.9. The molecule has 1 saturated carbocycles. The van der Waals surface area contributed by atoms with Gasteiger partial charge in [0.15, 0.2) is 0 Å². The molecule has 0 radical (unpaired) electrons. The fourth-order valence-corrected chi connectivity index (χ4v) is 3.61. The predicted molar refractivity (Wildman–Crippen MR) is 115 cm³/mol. The third kappa shape index (κ3) is 8.84. The maximum atomic E-state index is 12.9. The van der Waals surface area contributed by atoms with E-state index in [0.717, 1.165) is 36.3 Å². The second kappa shape index (κ2) is 12.8. The maximum absolute atomic E-state index is 12.9. The molecule has 0 aromatic heterocycles. The van der Waals surface area contributed by atoms with Crippen molar-refractivity contribution >= 4 is 35.4 Å². The lowest BCUT2D eigenvalue weighted by molar-refractivity contribution is -0.141. The molecule has 9 nitrogen and oxygen atoms in total. The molecule has 4 amide bonds. The highest BCUT2D eigenvalue weighted by atomic mass is 35.5. The average molecular weight is 453 g/mol. The molecule has 0 saturated heterocycles. The molecule has 31 heavy (non-hydrogen) atoms. The normalized spacial score (nSPS) is 14.5. The summed E-state index contributed by atoms with van der Waals surface area (Å²) in [5, 5.41) is 3.56. The van der Waals surface area contributed by atoms with E-state index in [1.54, 1.807) is 0 Å². The smallest absolute Gasteiger partial charge is 0.408 e. The van der Waals surface area contributed by atoms with Crippen LogP contribution in [0.4, 0.5) is 4.79 Å². The van der Waals surface area contributed by atoms with Crippen LogP contribution in [0.25, 0.3) is 0 Å². The lowest BCUT2D eigenvalue weighted by Gasteiger charge is -2.26. The Labute approximate surface area is 186 Å². The number of ether oxygens (including phenoxy) is 1. The monoisotopic (exact) mass is 452 g/mol. The van der Waals surface area contributed by atoms with Gasteiger partial charge in [0, 0.05) is 6.42 Å². The molecule has 10 heteroatoms. The number of hydrazine groups is 1. The van der Waals surface area contributed by atoms with Crippen LogP contribution >= 0.6 is 11.6 Å². The fraction of sp³-hybridized carbons (Fsp3) is 0.524. The van der Waals surface area contributed by atoms with Crippen molar-refractivity contribution in [1.82, 2.24) is 15.8 Å². The fourth-order valence-electron chi connectivity index (χ4n) is 3.47. The number of hydrogen-bond donors (Lipinski definition) is 3. The van der Waals surface area contributed by atoms with Gasteiger partial charge >= 0.3 is 6.09 Å². The van der Waals surface area contributed by atoms with Crippen molar-refractivity contribution in [2.75, 3.05) is 12.4 Å². The highest BCUT2D eigenvalue weighted by Crippen LogP contribution is 2.28. The van der Waals surface area contributed by atoms with Crippen LogP contribution in [0.15, 0.2) is 30.3 Å². The summed E-state index contributed by atoms with van der Waals surface area (Å²) in [7, 11) is 0. The van der Waals surface area contributed by atoms with Crippen LogP contribution < -0.4 is 16.5 Å². The molecule has 0 heterocycles. The Hall–Kier alpha value is -2.81. The van der Waals surface area contributed by atoms with E-state index >= 15 is 0 Å².